The molecule has 0 aliphatic heterocycles. The molecule has 7 heteroatoms. The number of carbonyl (C=O) groups is 2. The van der Waals surface area contributed by atoms with Gasteiger partial charge in [0.2, 0.25) is 0 Å². The first kappa shape index (κ1) is 20.2. The average molecular weight is 415 g/mol. The highest BCUT2D eigenvalue weighted by Gasteiger charge is 2.20. The Morgan fingerprint density at radius 1 is 1.00 bits per heavy atom. The largest absolute Gasteiger partial charge is 0.495 e. The number of methoxy groups -OCH3 is 1. The van der Waals surface area contributed by atoms with Crippen LogP contribution in [0.3, 0.4) is 0 Å². The Kier molecular flexibility index (Phi) is 5.66. The molecule has 2 N–H and O–H groups in total. The molecule has 1 aromatic heterocycles. The number of carbonyl (C=O) groups excluding carboxylic acids is 2. The number of fused-ring (bicyclic) bond motifs is 1. The summed E-state index contributed by atoms with van der Waals surface area (Å²) in [6.45, 7) is 1.52. The number of aromatic amines is 1. The van der Waals surface area contributed by atoms with E-state index in [1.807, 2.05) is 30.3 Å². The van der Waals surface area contributed by atoms with Crippen molar-refractivity contribution in [1.29, 1.82) is 0 Å². The van der Waals surface area contributed by atoms with Gasteiger partial charge in [-0.2, -0.15) is 0 Å². The van der Waals surface area contributed by atoms with E-state index in [0.717, 1.165) is 11.1 Å². The Morgan fingerprint density at radius 2 is 1.74 bits per heavy atom. The van der Waals surface area contributed by atoms with E-state index in [4.69, 9.17) is 9.47 Å². The second kappa shape index (κ2) is 8.71. The summed E-state index contributed by atoms with van der Waals surface area (Å²) >= 11 is 0. The number of esters is 1. The molecule has 7 nitrogen and oxygen atoms in total. The predicted octanol–water partition coefficient (Wildman–Crippen LogP) is 4.42. The van der Waals surface area contributed by atoms with Gasteiger partial charge >= 0.3 is 5.97 Å². The van der Waals surface area contributed by atoms with E-state index in [1.165, 1.54) is 14.0 Å². The second-order valence-electron chi connectivity index (χ2n) is 6.92. The number of anilines is 1. The molecular formula is C24H21N3O4. The monoisotopic (exact) mass is 415 g/mol. The van der Waals surface area contributed by atoms with Gasteiger partial charge in [0.05, 0.1) is 29.4 Å². The van der Waals surface area contributed by atoms with Gasteiger partial charge in [-0.25, -0.2) is 9.78 Å². The topological polar surface area (TPSA) is 93.3 Å². The van der Waals surface area contributed by atoms with Gasteiger partial charge in [0.1, 0.15) is 11.6 Å². The van der Waals surface area contributed by atoms with Crippen LogP contribution >= 0.6 is 0 Å². The first-order chi connectivity index (χ1) is 15.0. The summed E-state index contributed by atoms with van der Waals surface area (Å²) in [5.41, 5.74) is 3.22. The molecule has 156 valence electrons. The third kappa shape index (κ3) is 4.40. The van der Waals surface area contributed by atoms with Gasteiger partial charge in [0.25, 0.3) is 5.91 Å². The van der Waals surface area contributed by atoms with Gasteiger partial charge in [0.15, 0.2) is 6.10 Å². The molecule has 31 heavy (non-hydrogen) atoms. The van der Waals surface area contributed by atoms with Gasteiger partial charge in [0, 0.05) is 5.56 Å². The number of aromatic nitrogens is 2. The Morgan fingerprint density at radius 3 is 2.52 bits per heavy atom. The van der Waals surface area contributed by atoms with E-state index in [0.29, 0.717) is 28.3 Å². The minimum Gasteiger partial charge on any atom is -0.495 e. The smallest absolute Gasteiger partial charge is 0.338 e. The van der Waals surface area contributed by atoms with Crippen molar-refractivity contribution in [3.8, 4) is 17.1 Å². The first-order valence-electron chi connectivity index (χ1n) is 9.75. The number of hydrogen-bond acceptors (Lipinski definition) is 5. The number of imidazole rings is 1. The minimum atomic E-state index is -0.991. The predicted molar refractivity (Wildman–Crippen MR) is 118 cm³/mol. The van der Waals surface area contributed by atoms with Gasteiger partial charge in [-0.1, -0.05) is 42.5 Å². The highest BCUT2D eigenvalue weighted by atomic mass is 16.5. The number of ether oxygens (including phenoxy) is 2. The summed E-state index contributed by atoms with van der Waals surface area (Å²) in [6.07, 6.45) is -0.991. The fourth-order valence-corrected chi connectivity index (χ4v) is 3.13. The van der Waals surface area contributed by atoms with Crippen LogP contribution in [0.25, 0.3) is 22.4 Å². The van der Waals surface area contributed by atoms with Crippen LogP contribution in [-0.4, -0.2) is 35.1 Å². The molecule has 0 saturated heterocycles. The molecule has 0 aliphatic carbocycles. The molecule has 1 unspecified atom stereocenters. The van der Waals surface area contributed by atoms with Crippen LogP contribution < -0.4 is 10.1 Å². The lowest BCUT2D eigenvalue weighted by Crippen LogP contribution is -2.30. The summed E-state index contributed by atoms with van der Waals surface area (Å²) < 4.78 is 10.6. The summed E-state index contributed by atoms with van der Waals surface area (Å²) in [6, 6.07) is 21.8. The number of benzene rings is 3. The molecule has 1 heterocycles. The third-order valence-electron chi connectivity index (χ3n) is 4.78. The van der Waals surface area contributed by atoms with Crippen LogP contribution in [0.15, 0.2) is 72.8 Å². The van der Waals surface area contributed by atoms with Crippen LogP contribution in [0, 0.1) is 0 Å². The van der Waals surface area contributed by atoms with E-state index < -0.39 is 18.0 Å². The van der Waals surface area contributed by atoms with Crippen molar-refractivity contribution in [3.05, 3.63) is 78.4 Å². The van der Waals surface area contributed by atoms with Crippen LogP contribution in [0.2, 0.25) is 0 Å². The Hall–Kier alpha value is -4.13. The number of amides is 1. The van der Waals surface area contributed by atoms with Crippen molar-refractivity contribution in [1.82, 2.24) is 9.97 Å². The maximum atomic E-state index is 12.6. The molecule has 0 aliphatic rings. The van der Waals surface area contributed by atoms with Crippen molar-refractivity contribution in [2.75, 3.05) is 12.4 Å². The van der Waals surface area contributed by atoms with E-state index in [9.17, 15) is 9.59 Å². The Bertz CT molecular complexity index is 1230. The van der Waals surface area contributed by atoms with E-state index in [-0.39, 0.29) is 0 Å². The molecule has 3 aromatic carbocycles. The molecule has 0 fully saturated rings. The zero-order valence-electron chi connectivity index (χ0n) is 17.1. The molecule has 0 spiro atoms. The fourth-order valence-electron chi connectivity index (χ4n) is 3.13. The SMILES string of the molecule is COc1ccccc1NC(=O)C(C)OC(=O)c1ccc2nc(-c3ccccc3)[nH]c2c1. The van der Waals surface area contributed by atoms with Crippen molar-refractivity contribution >= 4 is 28.6 Å². The van der Waals surface area contributed by atoms with E-state index in [1.54, 1.807) is 42.5 Å². The molecule has 1 atom stereocenters. The summed E-state index contributed by atoms with van der Waals surface area (Å²) in [5.74, 6) is 0.186. The molecule has 4 aromatic rings. The molecule has 0 saturated carbocycles. The van der Waals surface area contributed by atoms with Gasteiger partial charge < -0.3 is 19.8 Å². The maximum Gasteiger partial charge on any atom is 0.338 e. The number of H-pyrrole nitrogens is 1. The molecular weight excluding hydrogens is 394 g/mol. The molecule has 1 amide bonds. The van der Waals surface area contributed by atoms with Crippen LogP contribution in [0.4, 0.5) is 5.69 Å². The summed E-state index contributed by atoms with van der Waals surface area (Å²) in [7, 11) is 1.52. The Labute approximate surface area is 179 Å². The fraction of sp³-hybridized carbons (Fsp3) is 0.125. The second-order valence-corrected chi connectivity index (χ2v) is 6.92. The molecule has 0 radical (unpaired) electrons. The molecule has 0 bridgehead atoms. The first-order valence-corrected chi connectivity index (χ1v) is 9.75. The summed E-state index contributed by atoms with van der Waals surface area (Å²) in [5, 5.41) is 2.71. The van der Waals surface area contributed by atoms with Gasteiger partial charge in [-0.3, -0.25) is 4.79 Å². The normalized spacial score (nSPS) is 11.7. The highest BCUT2D eigenvalue weighted by molar-refractivity contribution is 5.99. The Balaban J connectivity index is 1.46. The lowest BCUT2D eigenvalue weighted by atomic mass is 10.2. The zero-order chi connectivity index (χ0) is 21.8. The quantitative estimate of drug-likeness (QED) is 0.455. The highest BCUT2D eigenvalue weighted by Crippen LogP contribution is 2.24. The lowest BCUT2D eigenvalue weighted by molar-refractivity contribution is -0.123. The number of nitrogens with zero attached hydrogens (tertiary/aromatic N) is 1. The number of hydrogen-bond donors (Lipinski definition) is 2. The van der Waals surface area contributed by atoms with Gasteiger partial charge in [-0.05, 0) is 37.3 Å². The van der Waals surface area contributed by atoms with Crippen LogP contribution in [0.1, 0.15) is 17.3 Å². The average Bonchev–Trinajstić information content (AvgIpc) is 3.23. The zero-order valence-corrected chi connectivity index (χ0v) is 17.1. The minimum absolute atomic E-state index is 0.327. The maximum absolute atomic E-state index is 12.6. The van der Waals surface area contributed by atoms with Crippen LogP contribution in [0.5, 0.6) is 5.75 Å². The van der Waals surface area contributed by atoms with E-state index in [2.05, 4.69) is 15.3 Å². The summed E-state index contributed by atoms with van der Waals surface area (Å²) in [4.78, 5) is 32.8. The van der Waals surface area contributed by atoms with Crippen molar-refractivity contribution in [2.24, 2.45) is 0 Å². The van der Waals surface area contributed by atoms with Crippen LogP contribution in [-0.2, 0) is 9.53 Å². The van der Waals surface area contributed by atoms with Crippen molar-refractivity contribution in [3.63, 3.8) is 0 Å². The van der Waals surface area contributed by atoms with Crippen molar-refractivity contribution in [2.45, 2.75) is 13.0 Å². The van der Waals surface area contributed by atoms with Crippen molar-refractivity contribution < 1.29 is 19.1 Å². The number of nitrogens with one attached hydrogen (secondary N) is 2. The molecule has 4 rings (SSSR count). The number of rotatable bonds is 6. The third-order valence-corrected chi connectivity index (χ3v) is 4.78. The lowest BCUT2D eigenvalue weighted by Gasteiger charge is -2.15. The van der Waals surface area contributed by atoms with Gasteiger partial charge in [-0.15, -0.1) is 0 Å². The standard InChI is InChI=1S/C24H21N3O4/c1-15(23(28)27-19-10-6-7-11-21(19)30-2)31-24(29)17-12-13-18-20(14-17)26-22(25-18)16-8-4-3-5-9-16/h3-15H,1-2H3,(H,25,26)(H,27,28). The van der Waals surface area contributed by atoms with E-state index >= 15 is 0 Å². The number of para-hydroxylation sites is 2.